The number of aliphatic hydroxyl groups is 3. The Morgan fingerprint density at radius 2 is 1.13 bits per heavy atom. The van der Waals surface area contributed by atoms with E-state index in [4.69, 9.17) is 39.9 Å². The number of esters is 2. The first kappa shape index (κ1) is 53.1. The van der Waals surface area contributed by atoms with E-state index >= 15 is 0 Å². The van der Waals surface area contributed by atoms with Gasteiger partial charge >= 0.3 is 11.9 Å². The van der Waals surface area contributed by atoms with Crippen molar-refractivity contribution in [1.82, 2.24) is 58.1 Å². The van der Waals surface area contributed by atoms with E-state index in [2.05, 4.69) is 86.7 Å². The molecule has 3 fully saturated rings. The first-order valence-electron chi connectivity index (χ1n) is 23.5. The molecule has 25 nitrogen and oxygen atoms in total. The summed E-state index contributed by atoms with van der Waals surface area (Å²) in [6.07, 6.45) is 5.72. The molecule has 12 atom stereocenters. The van der Waals surface area contributed by atoms with Crippen LogP contribution in [0.1, 0.15) is 94.3 Å². The molecule has 0 bridgehead atoms. The maximum absolute atomic E-state index is 11.0. The number of carbonyl (C=O) groups is 2. The second-order valence-corrected chi connectivity index (χ2v) is 17.5. The predicted octanol–water partition coefficient (Wildman–Crippen LogP) is 2.89. The summed E-state index contributed by atoms with van der Waals surface area (Å²) in [7, 11) is 0. The molecule has 0 aromatic carbocycles. The lowest BCUT2D eigenvalue weighted by atomic mass is 9.93. The lowest BCUT2D eigenvalue weighted by molar-refractivity contribution is -0.147. The van der Waals surface area contributed by atoms with Crippen molar-refractivity contribution in [2.45, 2.75) is 131 Å². The summed E-state index contributed by atoms with van der Waals surface area (Å²) >= 11 is 0. The summed E-state index contributed by atoms with van der Waals surface area (Å²) < 4.78 is 34.9. The van der Waals surface area contributed by atoms with Gasteiger partial charge in [-0.15, -0.1) is 0 Å². The normalized spacial score (nSPS) is 27.0. The molecule has 25 heteroatoms. The van der Waals surface area contributed by atoms with Gasteiger partial charge in [0.25, 0.3) is 0 Å². The number of nitrogens with two attached hydrogens (primary N) is 1. The lowest BCUT2D eigenvalue weighted by Crippen LogP contribution is -2.33. The van der Waals surface area contributed by atoms with Gasteiger partial charge in [-0.1, -0.05) is 48.0 Å². The van der Waals surface area contributed by atoms with Crippen LogP contribution in [0, 0.1) is 29.1 Å². The summed E-state index contributed by atoms with van der Waals surface area (Å²) in [6.45, 7) is 20.8. The van der Waals surface area contributed by atoms with E-state index in [0.29, 0.717) is 63.7 Å². The number of aryl methyl sites for hydroxylation is 1. The minimum atomic E-state index is -1.17. The van der Waals surface area contributed by atoms with Gasteiger partial charge in [0.2, 0.25) is 0 Å². The van der Waals surface area contributed by atoms with Crippen LogP contribution in [0.15, 0.2) is 38.0 Å². The largest absolute Gasteiger partial charge is 0.463 e. The molecule has 70 heavy (non-hydrogen) atoms. The van der Waals surface area contributed by atoms with Crippen molar-refractivity contribution < 1.29 is 48.6 Å². The highest BCUT2D eigenvalue weighted by atomic mass is 16.6. The van der Waals surface area contributed by atoms with Crippen LogP contribution < -0.4 is 16.5 Å². The molecular weight excluding hydrogens is 911 g/mol. The minimum absolute atomic E-state index is 0.152. The predicted molar refractivity (Wildman–Crippen MR) is 253 cm³/mol. The molecule has 9 heterocycles. The number of carbonyl (C=O) groups excluding carboxylic acids is 2. The number of hydrogen-bond donors (Lipinski definition) is 6. The first-order chi connectivity index (χ1) is 33.5. The number of aromatic nitrogens is 12. The lowest BCUT2D eigenvalue weighted by Gasteiger charge is -2.18. The van der Waals surface area contributed by atoms with Crippen molar-refractivity contribution in [3.63, 3.8) is 0 Å². The van der Waals surface area contributed by atoms with Gasteiger partial charge in [-0.05, 0) is 25.7 Å². The number of imidazole rings is 3. The molecule has 6 aromatic rings. The summed E-state index contributed by atoms with van der Waals surface area (Å²) in [6, 6.07) is 0. The fourth-order valence-electron chi connectivity index (χ4n) is 8.36. The van der Waals surface area contributed by atoms with Gasteiger partial charge < -0.3 is 54.6 Å². The van der Waals surface area contributed by atoms with Crippen LogP contribution in [-0.2, 0) is 39.8 Å². The third kappa shape index (κ3) is 11.2. The molecule has 9 rings (SSSR count). The highest BCUT2D eigenvalue weighted by Crippen LogP contribution is 2.41. The topological polar surface area (TPSA) is 326 Å². The molecule has 7 N–H and O–H groups in total. The van der Waals surface area contributed by atoms with Gasteiger partial charge in [-0.25, -0.2) is 39.9 Å². The van der Waals surface area contributed by atoms with Crippen LogP contribution in [0.5, 0.6) is 0 Å². The molecule has 3 saturated heterocycles. The number of aliphatic hydroxyl groups excluding tert-OH is 3. The maximum atomic E-state index is 11.0. The smallest absolute Gasteiger partial charge is 0.302 e. The van der Waals surface area contributed by atoms with Crippen molar-refractivity contribution in [2.24, 2.45) is 23.7 Å². The summed E-state index contributed by atoms with van der Waals surface area (Å²) in [5.74, 6) is 1.21. The monoisotopic (exact) mass is 978 g/mol. The molecule has 0 saturated carbocycles. The average molecular weight is 978 g/mol. The van der Waals surface area contributed by atoms with E-state index in [-0.39, 0.29) is 80.1 Å². The zero-order valence-electron chi connectivity index (χ0n) is 41.3. The standard InChI is InChI=1S/C16H23N5O3.C14H19N5O3.C12H17N5O4.C3H8/c1-5-20-7-19-15-13(14(20)17)18-8-21(15)16-10(3)9(2)12(24-16)6-23-11(4)22;1-7-8(2)14(22-10(7)4-21-9(3)20)19-6-18-11-12(15)16-5-17-13(11)19;1-2-13-10-7-11(15-4-14-10)17(5-16-7)12-9(20)8(19)6(3-18)21-12;1-3-2/h7-10,12,16-17H,5-6H2,1-4H3;5-8,10,14H,4H2,1-3H3,(H2,15,16,17);4-6,8-9,12,18-20H,2-3H2,1H3,(H,13,14,15);3H2,1-2H3/t9-,10+,12+,16+;7-,8+,10+,14+;6-,8-,9-,12-;/m001./s1. The zero-order chi connectivity index (χ0) is 51.0. The number of nitrogens with one attached hydrogen (secondary N) is 2. The molecule has 0 aliphatic carbocycles. The fourth-order valence-corrected chi connectivity index (χ4v) is 8.36. The second-order valence-electron chi connectivity index (χ2n) is 17.5. The first-order valence-corrected chi connectivity index (χ1v) is 23.5. The van der Waals surface area contributed by atoms with E-state index < -0.39 is 24.5 Å². The zero-order valence-corrected chi connectivity index (χ0v) is 41.3. The van der Waals surface area contributed by atoms with Crippen molar-refractivity contribution in [3.8, 4) is 0 Å². The number of nitrogens with zero attached hydrogens (tertiary/aromatic N) is 12. The third-order valence-corrected chi connectivity index (χ3v) is 12.6. The molecule has 382 valence electrons. The molecular formula is C45H67N15O10. The Morgan fingerprint density at radius 3 is 1.63 bits per heavy atom. The van der Waals surface area contributed by atoms with Crippen LogP contribution in [0.25, 0.3) is 33.5 Å². The van der Waals surface area contributed by atoms with Crippen molar-refractivity contribution in [1.29, 1.82) is 5.41 Å². The third-order valence-electron chi connectivity index (χ3n) is 12.6. The summed E-state index contributed by atoms with van der Waals surface area (Å²) in [5, 5.41) is 40.3. The number of ether oxygens (including phenoxy) is 5. The van der Waals surface area contributed by atoms with E-state index in [0.717, 1.165) is 0 Å². The maximum Gasteiger partial charge on any atom is 0.302 e. The van der Waals surface area contributed by atoms with Crippen LogP contribution >= 0.6 is 0 Å². The van der Waals surface area contributed by atoms with E-state index in [1.54, 1.807) is 23.5 Å². The van der Waals surface area contributed by atoms with Crippen LogP contribution in [0.4, 0.5) is 11.6 Å². The van der Waals surface area contributed by atoms with Crippen molar-refractivity contribution in [2.75, 3.05) is 37.4 Å². The SMILES string of the molecule is CC(=O)OC[C@H]1O[C@@H](n2cnc3c(N)ncnc32)[C@H](C)[C@@H]1C.CCC.CCNc1ncnc2c1ncn2[C@@H]1O[C@H](CO)[C@@H](O)[C@H]1O.CCn1cnc2c(ncn2[C@@H]2O[C@H](COC(C)=O)[C@@H](C)[C@H]2C)c1=N. The number of rotatable bonds is 11. The Bertz CT molecular complexity index is 2740. The van der Waals surface area contributed by atoms with Gasteiger partial charge in [0.05, 0.1) is 44.1 Å². The van der Waals surface area contributed by atoms with Crippen molar-refractivity contribution in [3.05, 3.63) is 43.5 Å². The molecule has 0 unspecified atom stereocenters. The Hall–Kier alpha value is -6.25. The number of fused-ring (bicyclic) bond motifs is 3. The average Bonchev–Trinajstić information content (AvgIpc) is 4.20. The number of nitrogen functional groups attached to an aromatic ring is 1. The number of anilines is 2. The van der Waals surface area contributed by atoms with Crippen molar-refractivity contribution >= 4 is 57.1 Å². The molecule has 3 aliphatic heterocycles. The van der Waals surface area contributed by atoms with Crippen LogP contribution in [-0.4, -0.2) is 142 Å². The van der Waals surface area contributed by atoms with Crippen LogP contribution in [0.2, 0.25) is 0 Å². The van der Waals surface area contributed by atoms with Gasteiger partial charge in [0.15, 0.2) is 45.8 Å². The summed E-state index contributed by atoms with van der Waals surface area (Å²) in [4.78, 5) is 55.8. The quantitative estimate of drug-likeness (QED) is 0.102. The Balaban J connectivity index is 0.000000168. The number of hydrogen-bond acceptors (Lipinski definition) is 21. The Morgan fingerprint density at radius 1 is 0.657 bits per heavy atom. The van der Waals surface area contributed by atoms with Gasteiger partial charge in [0.1, 0.15) is 67.7 Å². The van der Waals surface area contributed by atoms with Gasteiger partial charge in [-0.2, -0.15) is 0 Å². The minimum Gasteiger partial charge on any atom is -0.463 e. The Labute approximate surface area is 404 Å². The molecule has 0 amide bonds. The van der Waals surface area contributed by atoms with Gasteiger partial charge in [0, 0.05) is 38.8 Å². The highest BCUT2D eigenvalue weighted by molar-refractivity contribution is 5.83. The molecule has 0 spiro atoms. The van der Waals surface area contributed by atoms with E-state index in [9.17, 15) is 19.8 Å². The van der Waals surface area contributed by atoms with Gasteiger partial charge in [-0.3, -0.25) is 28.7 Å². The van der Waals surface area contributed by atoms with E-state index in [1.165, 1.54) is 43.8 Å². The van der Waals surface area contributed by atoms with Crippen LogP contribution in [0.3, 0.4) is 0 Å². The molecule has 6 aromatic heterocycles. The highest BCUT2D eigenvalue weighted by Gasteiger charge is 2.45. The second kappa shape index (κ2) is 23.6. The summed E-state index contributed by atoms with van der Waals surface area (Å²) in [5.41, 5.74) is 9.60. The van der Waals surface area contributed by atoms with E-state index in [1.807, 2.05) is 23.0 Å². The Kier molecular flexibility index (Phi) is 17.9. The molecule has 3 aliphatic rings. The molecule has 0 radical (unpaired) electrons. The fraction of sp³-hybridized carbons (Fsp3) is 0.622.